The summed E-state index contributed by atoms with van der Waals surface area (Å²) in [5, 5.41) is 0. The van der Waals surface area contributed by atoms with Gasteiger partial charge in [0.05, 0.1) is 0 Å². The molecule has 82 valence electrons. The number of nitrogens with zero attached hydrogens (tertiary/aromatic N) is 1. The van der Waals surface area contributed by atoms with Crippen LogP contribution in [0.5, 0.6) is 0 Å². The lowest BCUT2D eigenvalue weighted by molar-refractivity contribution is 0.624. The van der Waals surface area contributed by atoms with Gasteiger partial charge in [0.2, 0.25) is 0 Å². The molecule has 0 aliphatic rings. The van der Waals surface area contributed by atoms with Gasteiger partial charge in [-0.05, 0) is 47.4 Å². The van der Waals surface area contributed by atoms with Crippen LogP contribution in [-0.4, -0.2) is 4.98 Å². The molecule has 0 radical (unpaired) electrons. The molecule has 0 fully saturated rings. The van der Waals surface area contributed by atoms with Crippen LogP contribution in [0.25, 0.3) is 0 Å². The molecule has 16 heavy (non-hydrogen) atoms. The van der Waals surface area contributed by atoms with Gasteiger partial charge < -0.3 is 5.73 Å². The largest absolute Gasteiger partial charge is 0.326 e. The molecule has 1 aromatic heterocycles. The molecule has 0 amide bonds. The molecule has 0 saturated carbocycles. The molecule has 2 rings (SSSR count). The predicted octanol–water partition coefficient (Wildman–Crippen LogP) is 2.27. The molecule has 2 aromatic rings. The third kappa shape index (κ3) is 2.44. The van der Waals surface area contributed by atoms with Crippen LogP contribution in [0.4, 0.5) is 4.39 Å². The zero-order valence-corrected chi connectivity index (χ0v) is 8.86. The van der Waals surface area contributed by atoms with Crippen molar-refractivity contribution in [3.8, 4) is 0 Å². The second kappa shape index (κ2) is 4.86. The molecule has 2 N–H and O–H groups in total. The predicted molar refractivity (Wildman–Crippen MR) is 61.3 cm³/mol. The normalized spacial score (nSPS) is 10.4. The van der Waals surface area contributed by atoms with Crippen molar-refractivity contribution in [3.63, 3.8) is 0 Å². The van der Waals surface area contributed by atoms with E-state index < -0.39 is 0 Å². The van der Waals surface area contributed by atoms with Gasteiger partial charge in [-0.2, -0.15) is 0 Å². The lowest BCUT2D eigenvalue weighted by Gasteiger charge is -2.07. The smallest absolute Gasteiger partial charge is 0.123 e. The van der Waals surface area contributed by atoms with Crippen LogP contribution < -0.4 is 5.73 Å². The van der Waals surface area contributed by atoms with Gasteiger partial charge in [0.25, 0.3) is 0 Å². The molecule has 0 unspecified atom stereocenters. The molecule has 0 saturated heterocycles. The number of benzene rings is 1. The number of halogens is 1. The maximum absolute atomic E-state index is 13.0. The Morgan fingerprint density at radius 2 is 1.81 bits per heavy atom. The van der Waals surface area contributed by atoms with Crippen LogP contribution in [0.15, 0.2) is 42.7 Å². The fourth-order valence-corrected chi connectivity index (χ4v) is 1.68. The third-order valence-electron chi connectivity index (χ3n) is 2.53. The summed E-state index contributed by atoms with van der Waals surface area (Å²) < 4.78 is 13.0. The number of pyridine rings is 1. The summed E-state index contributed by atoms with van der Waals surface area (Å²) in [7, 11) is 0. The highest BCUT2D eigenvalue weighted by Gasteiger charge is 2.03. The summed E-state index contributed by atoms with van der Waals surface area (Å²) in [6, 6.07) is 8.65. The zero-order valence-electron chi connectivity index (χ0n) is 8.86. The highest BCUT2D eigenvalue weighted by molar-refractivity contribution is 5.32. The first-order chi connectivity index (χ1) is 7.79. The summed E-state index contributed by atoms with van der Waals surface area (Å²) in [5.41, 5.74) is 8.67. The first kappa shape index (κ1) is 10.8. The van der Waals surface area contributed by atoms with Crippen LogP contribution >= 0.6 is 0 Å². The van der Waals surface area contributed by atoms with Gasteiger partial charge in [-0.3, -0.25) is 4.98 Å². The van der Waals surface area contributed by atoms with Crippen molar-refractivity contribution in [2.24, 2.45) is 5.73 Å². The zero-order chi connectivity index (χ0) is 11.4. The standard InChI is InChI=1S/C13H13FN2/c14-13-2-1-11(12(8-13)9-15)7-10-3-5-16-6-4-10/h1-6,8H,7,9,15H2. The highest BCUT2D eigenvalue weighted by Crippen LogP contribution is 2.15. The van der Waals surface area contributed by atoms with E-state index in [2.05, 4.69) is 4.98 Å². The molecule has 1 aromatic carbocycles. The van der Waals surface area contributed by atoms with Gasteiger partial charge in [-0.15, -0.1) is 0 Å². The Morgan fingerprint density at radius 1 is 1.06 bits per heavy atom. The molecule has 0 spiro atoms. The summed E-state index contributed by atoms with van der Waals surface area (Å²) in [6.07, 6.45) is 4.26. The first-order valence-electron chi connectivity index (χ1n) is 5.16. The SMILES string of the molecule is NCc1cc(F)ccc1Cc1ccncc1. The fraction of sp³-hybridized carbons (Fsp3) is 0.154. The van der Waals surface area contributed by atoms with Crippen LogP contribution in [-0.2, 0) is 13.0 Å². The Balaban J connectivity index is 2.28. The molecule has 2 nitrogen and oxygen atoms in total. The maximum atomic E-state index is 13.0. The fourth-order valence-electron chi connectivity index (χ4n) is 1.68. The van der Waals surface area contributed by atoms with Crippen molar-refractivity contribution in [1.82, 2.24) is 4.98 Å². The van der Waals surface area contributed by atoms with E-state index in [1.807, 2.05) is 12.1 Å². The number of rotatable bonds is 3. The molecule has 0 aliphatic carbocycles. The molecule has 0 atom stereocenters. The van der Waals surface area contributed by atoms with E-state index in [1.165, 1.54) is 12.1 Å². The average molecular weight is 216 g/mol. The van der Waals surface area contributed by atoms with Crippen LogP contribution in [0, 0.1) is 5.82 Å². The van der Waals surface area contributed by atoms with Gasteiger partial charge in [-0.25, -0.2) is 4.39 Å². The summed E-state index contributed by atoms with van der Waals surface area (Å²) in [4.78, 5) is 3.96. The van der Waals surface area contributed by atoms with Gasteiger partial charge in [0.1, 0.15) is 5.82 Å². The van der Waals surface area contributed by atoms with E-state index in [0.29, 0.717) is 6.54 Å². The maximum Gasteiger partial charge on any atom is 0.123 e. The topological polar surface area (TPSA) is 38.9 Å². The van der Waals surface area contributed by atoms with Crippen molar-refractivity contribution in [2.75, 3.05) is 0 Å². The summed E-state index contributed by atoms with van der Waals surface area (Å²) in [5.74, 6) is -0.237. The van der Waals surface area contributed by atoms with Gasteiger partial charge in [0, 0.05) is 18.9 Å². The number of nitrogens with two attached hydrogens (primary N) is 1. The van der Waals surface area contributed by atoms with Gasteiger partial charge in [0.15, 0.2) is 0 Å². The van der Waals surface area contributed by atoms with Crippen molar-refractivity contribution in [1.29, 1.82) is 0 Å². The minimum Gasteiger partial charge on any atom is -0.326 e. The van der Waals surface area contributed by atoms with E-state index in [4.69, 9.17) is 5.73 Å². The quantitative estimate of drug-likeness (QED) is 0.854. The summed E-state index contributed by atoms with van der Waals surface area (Å²) >= 11 is 0. The molecule has 1 heterocycles. The second-order valence-corrected chi connectivity index (χ2v) is 3.65. The van der Waals surface area contributed by atoms with E-state index >= 15 is 0 Å². The van der Waals surface area contributed by atoms with Crippen molar-refractivity contribution < 1.29 is 4.39 Å². The lowest BCUT2D eigenvalue weighted by Crippen LogP contribution is -2.03. The molecular weight excluding hydrogens is 203 g/mol. The minimum atomic E-state index is -0.237. The van der Waals surface area contributed by atoms with Crippen molar-refractivity contribution >= 4 is 0 Å². The Hall–Kier alpha value is -1.74. The van der Waals surface area contributed by atoms with E-state index in [-0.39, 0.29) is 5.82 Å². The Morgan fingerprint density at radius 3 is 2.50 bits per heavy atom. The van der Waals surface area contributed by atoms with E-state index in [9.17, 15) is 4.39 Å². The van der Waals surface area contributed by atoms with Gasteiger partial charge >= 0.3 is 0 Å². The molecular formula is C13H13FN2. The van der Waals surface area contributed by atoms with Crippen LogP contribution in [0.2, 0.25) is 0 Å². The molecule has 0 bridgehead atoms. The van der Waals surface area contributed by atoms with Gasteiger partial charge in [-0.1, -0.05) is 6.07 Å². The first-order valence-corrected chi connectivity index (χ1v) is 5.16. The lowest BCUT2D eigenvalue weighted by atomic mass is 10.0. The second-order valence-electron chi connectivity index (χ2n) is 3.65. The number of hydrogen-bond donors (Lipinski definition) is 1. The third-order valence-corrected chi connectivity index (χ3v) is 2.53. The Kier molecular flexibility index (Phi) is 3.27. The summed E-state index contributed by atoms with van der Waals surface area (Å²) in [6.45, 7) is 0.359. The van der Waals surface area contributed by atoms with Crippen molar-refractivity contribution in [3.05, 3.63) is 65.2 Å². The Labute approximate surface area is 93.9 Å². The van der Waals surface area contributed by atoms with E-state index in [1.54, 1.807) is 18.5 Å². The highest BCUT2D eigenvalue weighted by atomic mass is 19.1. The van der Waals surface area contributed by atoms with Crippen molar-refractivity contribution in [2.45, 2.75) is 13.0 Å². The average Bonchev–Trinajstić information content (AvgIpc) is 2.33. The molecule has 0 aliphatic heterocycles. The number of hydrogen-bond acceptors (Lipinski definition) is 2. The van der Waals surface area contributed by atoms with E-state index in [0.717, 1.165) is 23.1 Å². The molecule has 3 heteroatoms. The Bertz CT molecular complexity index is 469. The van der Waals surface area contributed by atoms with Crippen LogP contribution in [0.3, 0.4) is 0 Å². The monoisotopic (exact) mass is 216 g/mol. The van der Waals surface area contributed by atoms with Crippen LogP contribution in [0.1, 0.15) is 16.7 Å². The number of aromatic nitrogens is 1. The minimum absolute atomic E-state index is 0.237.